The second-order valence-electron chi connectivity index (χ2n) is 8.62. The van der Waals surface area contributed by atoms with E-state index < -0.39 is 21.8 Å². The highest BCUT2D eigenvalue weighted by molar-refractivity contribution is 7.92. The summed E-state index contributed by atoms with van der Waals surface area (Å²) in [5.74, 6) is -0.177. The standard InChI is InChI=1S/C23H24F3N3O2S/c24-23(25,26)17-4-1-5-19(14-17)32(30,31)29-15-20(22-21(29)6-2-11-27-22)16-7-9-18(10-8-16)28-12-3-13-28/h1-2,4-7,11,14,18,20H,3,8-10,12-13,15H2. The summed E-state index contributed by atoms with van der Waals surface area (Å²) in [5.41, 5.74) is 1.31. The molecule has 0 saturated carbocycles. The minimum atomic E-state index is -4.61. The summed E-state index contributed by atoms with van der Waals surface area (Å²) >= 11 is 0. The van der Waals surface area contributed by atoms with Crippen LogP contribution >= 0.6 is 0 Å². The molecule has 1 saturated heterocycles. The molecule has 2 atom stereocenters. The molecular weight excluding hydrogens is 439 g/mol. The van der Waals surface area contributed by atoms with E-state index in [1.807, 2.05) is 0 Å². The maximum atomic E-state index is 13.4. The molecule has 2 aliphatic heterocycles. The Bertz CT molecular complexity index is 1160. The second kappa shape index (κ2) is 7.88. The number of benzene rings is 1. The number of hydrogen-bond donors (Lipinski definition) is 0. The zero-order valence-corrected chi connectivity index (χ0v) is 18.2. The van der Waals surface area contributed by atoms with Crippen molar-refractivity contribution < 1.29 is 21.6 Å². The molecule has 32 heavy (non-hydrogen) atoms. The molecule has 0 radical (unpaired) electrons. The van der Waals surface area contributed by atoms with E-state index in [0.717, 1.165) is 44.5 Å². The maximum Gasteiger partial charge on any atom is 0.416 e. The minimum Gasteiger partial charge on any atom is -0.300 e. The molecular formula is C23H24F3N3O2S. The third-order valence-electron chi connectivity index (χ3n) is 6.79. The Balaban J connectivity index is 1.45. The van der Waals surface area contributed by atoms with Gasteiger partial charge in [0, 0.05) is 24.7 Å². The van der Waals surface area contributed by atoms with Gasteiger partial charge in [0.05, 0.1) is 21.8 Å². The third-order valence-corrected chi connectivity index (χ3v) is 8.56. The fourth-order valence-corrected chi connectivity index (χ4v) is 6.45. The molecule has 2 aromatic rings. The van der Waals surface area contributed by atoms with Crippen LogP contribution in [0.25, 0.3) is 0 Å². The van der Waals surface area contributed by atoms with Gasteiger partial charge in [0.15, 0.2) is 0 Å². The molecule has 1 aromatic heterocycles. The molecule has 3 heterocycles. The maximum absolute atomic E-state index is 13.4. The van der Waals surface area contributed by atoms with E-state index >= 15 is 0 Å². The average molecular weight is 464 g/mol. The van der Waals surface area contributed by atoms with Gasteiger partial charge in [-0.3, -0.25) is 14.2 Å². The third kappa shape index (κ3) is 3.71. The first kappa shape index (κ1) is 21.5. The molecule has 9 heteroatoms. The van der Waals surface area contributed by atoms with Gasteiger partial charge in [0.25, 0.3) is 10.0 Å². The van der Waals surface area contributed by atoms with Gasteiger partial charge in [0.2, 0.25) is 0 Å². The molecule has 0 spiro atoms. The van der Waals surface area contributed by atoms with Crippen molar-refractivity contribution in [3.8, 4) is 0 Å². The van der Waals surface area contributed by atoms with Crippen molar-refractivity contribution >= 4 is 15.7 Å². The number of fused-ring (bicyclic) bond motifs is 1. The van der Waals surface area contributed by atoms with Gasteiger partial charge in [-0.15, -0.1) is 0 Å². The molecule has 0 bridgehead atoms. The number of pyridine rings is 1. The number of nitrogens with zero attached hydrogens (tertiary/aromatic N) is 3. The molecule has 5 rings (SSSR count). The first-order valence-corrected chi connectivity index (χ1v) is 12.3. The molecule has 0 amide bonds. The summed E-state index contributed by atoms with van der Waals surface area (Å²) in [6.07, 6.45) is 3.33. The lowest BCUT2D eigenvalue weighted by molar-refractivity contribution is -0.137. The number of rotatable bonds is 4. The molecule has 2 unspecified atom stereocenters. The number of anilines is 1. The van der Waals surface area contributed by atoms with Gasteiger partial charge >= 0.3 is 6.18 Å². The van der Waals surface area contributed by atoms with Crippen LogP contribution in [0, 0.1) is 0 Å². The van der Waals surface area contributed by atoms with Gasteiger partial charge < -0.3 is 0 Å². The number of likely N-dealkylation sites (tertiary alicyclic amines) is 1. The van der Waals surface area contributed by atoms with Crippen LogP contribution in [-0.4, -0.2) is 44.0 Å². The summed E-state index contributed by atoms with van der Waals surface area (Å²) in [6.45, 7) is 2.44. The summed E-state index contributed by atoms with van der Waals surface area (Å²) in [7, 11) is -4.17. The monoisotopic (exact) mass is 463 g/mol. The topological polar surface area (TPSA) is 53.5 Å². The average Bonchev–Trinajstić information content (AvgIpc) is 3.13. The fourth-order valence-electron chi connectivity index (χ4n) is 4.91. The molecule has 0 N–H and O–H groups in total. The van der Waals surface area contributed by atoms with Crippen molar-refractivity contribution in [3.63, 3.8) is 0 Å². The van der Waals surface area contributed by atoms with E-state index in [0.29, 0.717) is 23.5 Å². The van der Waals surface area contributed by atoms with Crippen molar-refractivity contribution in [2.75, 3.05) is 23.9 Å². The lowest BCUT2D eigenvalue weighted by atomic mass is 9.85. The molecule has 1 fully saturated rings. The zero-order chi connectivity index (χ0) is 22.5. The van der Waals surface area contributed by atoms with E-state index in [9.17, 15) is 21.6 Å². The Morgan fingerprint density at radius 2 is 1.91 bits per heavy atom. The van der Waals surface area contributed by atoms with Gasteiger partial charge in [-0.2, -0.15) is 13.2 Å². The fraction of sp³-hybridized carbons (Fsp3) is 0.435. The van der Waals surface area contributed by atoms with Crippen LogP contribution in [0.4, 0.5) is 18.9 Å². The number of hydrogen-bond acceptors (Lipinski definition) is 4. The first-order chi connectivity index (χ1) is 15.2. The summed E-state index contributed by atoms with van der Waals surface area (Å²) in [4.78, 5) is 6.60. The number of halogens is 3. The quantitative estimate of drug-likeness (QED) is 0.623. The van der Waals surface area contributed by atoms with E-state index in [1.54, 1.807) is 18.3 Å². The Morgan fingerprint density at radius 1 is 1.09 bits per heavy atom. The van der Waals surface area contributed by atoms with Crippen molar-refractivity contribution in [2.24, 2.45) is 0 Å². The summed E-state index contributed by atoms with van der Waals surface area (Å²) in [6, 6.07) is 7.81. The van der Waals surface area contributed by atoms with Crippen LogP contribution in [0.2, 0.25) is 0 Å². The Labute approximate surface area is 185 Å². The van der Waals surface area contributed by atoms with Crippen LogP contribution < -0.4 is 4.31 Å². The predicted molar refractivity (Wildman–Crippen MR) is 115 cm³/mol. The minimum absolute atomic E-state index is 0.158. The Kier molecular flexibility index (Phi) is 5.28. The summed E-state index contributed by atoms with van der Waals surface area (Å²) in [5, 5.41) is 0. The van der Waals surface area contributed by atoms with Crippen LogP contribution in [0.5, 0.6) is 0 Å². The second-order valence-corrected chi connectivity index (χ2v) is 10.5. The molecule has 5 nitrogen and oxygen atoms in total. The number of alkyl halides is 3. The van der Waals surface area contributed by atoms with Crippen molar-refractivity contribution in [1.82, 2.24) is 9.88 Å². The Hall–Kier alpha value is -2.39. The highest BCUT2D eigenvalue weighted by Crippen LogP contribution is 2.44. The van der Waals surface area contributed by atoms with Gasteiger partial charge in [0.1, 0.15) is 0 Å². The van der Waals surface area contributed by atoms with Gasteiger partial charge in [-0.1, -0.05) is 17.7 Å². The highest BCUT2D eigenvalue weighted by atomic mass is 32.2. The number of aromatic nitrogens is 1. The lowest BCUT2D eigenvalue weighted by Crippen LogP contribution is -2.45. The molecule has 1 aromatic carbocycles. The predicted octanol–water partition coefficient (Wildman–Crippen LogP) is 4.58. The van der Waals surface area contributed by atoms with Gasteiger partial charge in [-0.25, -0.2) is 8.42 Å². The largest absolute Gasteiger partial charge is 0.416 e. The Morgan fingerprint density at radius 3 is 2.56 bits per heavy atom. The normalized spacial score (nSPS) is 24.1. The number of sulfonamides is 1. The SMILES string of the molecule is O=S(=O)(c1cccc(C(F)(F)F)c1)N1CC(C2=CCC(N3CCC3)CC2)c2ncccc21. The molecule has 3 aliphatic rings. The lowest BCUT2D eigenvalue weighted by Gasteiger charge is -2.40. The van der Waals surface area contributed by atoms with Crippen LogP contribution in [0.15, 0.2) is 59.1 Å². The van der Waals surface area contributed by atoms with E-state index in [4.69, 9.17) is 0 Å². The van der Waals surface area contributed by atoms with Crippen molar-refractivity contribution in [3.05, 3.63) is 65.5 Å². The van der Waals surface area contributed by atoms with Crippen LogP contribution in [0.3, 0.4) is 0 Å². The van der Waals surface area contributed by atoms with Crippen LogP contribution in [-0.2, 0) is 16.2 Å². The molecule has 1 aliphatic carbocycles. The molecule has 170 valence electrons. The highest BCUT2D eigenvalue weighted by Gasteiger charge is 2.41. The van der Waals surface area contributed by atoms with Gasteiger partial charge in [-0.05, 0) is 69.1 Å². The first-order valence-electron chi connectivity index (χ1n) is 10.8. The van der Waals surface area contributed by atoms with E-state index in [-0.39, 0.29) is 17.4 Å². The van der Waals surface area contributed by atoms with Crippen molar-refractivity contribution in [2.45, 2.75) is 48.7 Å². The smallest absolute Gasteiger partial charge is 0.300 e. The van der Waals surface area contributed by atoms with Crippen LogP contribution in [0.1, 0.15) is 42.9 Å². The van der Waals surface area contributed by atoms with E-state index in [1.165, 1.54) is 22.4 Å². The van der Waals surface area contributed by atoms with Crippen molar-refractivity contribution in [1.29, 1.82) is 0 Å². The summed E-state index contributed by atoms with van der Waals surface area (Å²) < 4.78 is 67.5. The zero-order valence-electron chi connectivity index (χ0n) is 17.4. The van der Waals surface area contributed by atoms with E-state index in [2.05, 4.69) is 16.0 Å².